The highest BCUT2D eigenvalue weighted by Crippen LogP contribution is 2.31. The van der Waals surface area contributed by atoms with E-state index in [1.807, 2.05) is 0 Å². The highest BCUT2D eigenvalue weighted by atomic mass is 35.5. The number of sulfonamides is 1. The number of piperidine rings is 1. The van der Waals surface area contributed by atoms with E-state index in [1.54, 1.807) is 16.4 Å². The van der Waals surface area contributed by atoms with Crippen molar-refractivity contribution in [2.75, 3.05) is 13.1 Å². The summed E-state index contributed by atoms with van der Waals surface area (Å²) >= 11 is 6.92. The summed E-state index contributed by atoms with van der Waals surface area (Å²) in [5.41, 5.74) is 0. The van der Waals surface area contributed by atoms with E-state index in [9.17, 15) is 8.42 Å². The van der Waals surface area contributed by atoms with Crippen LogP contribution >= 0.6 is 22.9 Å². The Labute approximate surface area is 111 Å². The largest absolute Gasteiger partial charge is 0.252 e. The monoisotopic (exact) mass is 293 g/mol. The van der Waals surface area contributed by atoms with Crippen LogP contribution in [0.5, 0.6) is 0 Å². The van der Waals surface area contributed by atoms with Crippen LogP contribution in [0.3, 0.4) is 0 Å². The topological polar surface area (TPSA) is 37.4 Å². The van der Waals surface area contributed by atoms with Crippen molar-refractivity contribution in [3.63, 3.8) is 0 Å². The molecule has 0 amide bonds. The Morgan fingerprint density at radius 3 is 2.35 bits per heavy atom. The van der Waals surface area contributed by atoms with Gasteiger partial charge in [-0.2, -0.15) is 4.31 Å². The van der Waals surface area contributed by atoms with Crippen LogP contribution in [0.25, 0.3) is 0 Å². The molecule has 1 aliphatic heterocycles. The molecule has 2 rings (SSSR count). The second-order valence-electron chi connectivity index (χ2n) is 4.83. The van der Waals surface area contributed by atoms with Gasteiger partial charge in [0.1, 0.15) is 4.21 Å². The summed E-state index contributed by atoms with van der Waals surface area (Å²) in [7, 11) is -3.34. The maximum Gasteiger partial charge on any atom is 0.252 e. The minimum Gasteiger partial charge on any atom is -0.206 e. The Bertz CT molecular complexity index is 487. The Kier molecular flexibility index (Phi) is 3.83. The van der Waals surface area contributed by atoms with Crippen molar-refractivity contribution in [3.05, 3.63) is 16.5 Å². The molecule has 0 saturated carbocycles. The van der Waals surface area contributed by atoms with Crippen LogP contribution in [-0.2, 0) is 10.0 Å². The number of hydrogen-bond donors (Lipinski definition) is 0. The standard InChI is InChI=1S/C11H16ClNO2S2/c1-8-5-9(2)7-13(6-8)17(14,15)11-4-3-10(12)16-11/h3-4,8-9H,5-7H2,1-2H3. The first-order valence-electron chi connectivity index (χ1n) is 5.65. The lowest BCUT2D eigenvalue weighted by molar-refractivity contribution is 0.223. The van der Waals surface area contributed by atoms with Crippen molar-refractivity contribution in [3.8, 4) is 0 Å². The predicted octanol–water partition coefficient (Wildman–Crippen LogP) is 3.07. The summed E-state index contributed by atoms with van der Waals surface area (Å²) in [5, 5.41) is 0. The highest BCUT2D eigenvalue weighted by Gasteiger charge is 2.32. The number of rotatable bonds is 2. The van der Waals surface area contributed by atoms with E-state index in [1.165, 1.54) is 0 Å². The minimum atomic E-state index is -3.34. The van der Waals surface area contributed by atoms with Crippen molar-refractivity contribution >= 4 is 33.0 Å². The van der Waals surface area contributed by atoms with Crippen molar-refractivity contribution in [2.45, 2.75) is 24.5 Å². The Balaban J connectivity index is 2.26. The molecule has 0 bridgehead atoms. The number of nitrogens with zero attached hydrogens (tertiary/aromatic N) is 1. The van der Waals surface area contributed by atoms with Crippen LogP contribution in [0.4, 0.5) is 0 Å². The average molecular weight is 294 g/mol. The normalized spacial score (nSPS) is 27.2. The molecule has 0 N–H and O–H groups in total. The first-order valence-corrected chi connectivity index (χ1v) is 8.28. The van der Waals surface area contributed by atoms with E-state index < -0.39 is 10.0 Å². The quantitative estimate of drug-likeness (QED) is 0.840. The maximum atomic E-state index is 12.4. The maximum absolute atomic E-state index is 12.4. The first kappa shape index (κ1) is 13.3. The molecule has 96 valence electrons. The molecule has 6 heteroatoms. The van der Waals surface area contributed by atoms with Gasteiger partial charge in [-0.3, -0.25) is 0 Å². The van der Waals surface area contributed by atoms with E-state index in [-0.39, 0.29) is 0 Å². The minimum absolute atomic E-state index is 0.351. The zero-order valence-electron chi connectivity index (χ0n) is 9.89. The third kappa shape index (κ3) is 2.84. The van der Waals surface area contributed by atoms with Gasteiger partial charge in [0.15, 0.2) is 0 Å². The summed E-state index contributed by atoms with van der Waals surface area (Å²) in [4.78, 5) is 0. The Morgan fingerprint density at radius 2 is 1.88 bits per heavy atom. The van der Waals surface area contributed by atoms with Gasteiger partial charge in [-0.05, 0) is 30.4 Å². The second-order valence-corrected chi connectivity index (χ2v) is 8.71. The van der Waals surface area contributed by atoms with Crippen molar-refractivity contribution in [1.29, 1.82) is 0 Å². The first-order chi connectivity index (χ1) is 7.89. The second kappa shape index (κ2) is 4.88. The van der Waals surface area contributed by atoms with Crippen LogP contribution in [-0.4, -0.2) is 25.8 Å². The summed E-state index contributed by atoms with van der Waals surface area (Å²) in [6.45, 7) is 5.42. The fourth-order valence-corrected chi connectivity index (χ4v) is 5.68. The molecule has 1 saturated heterocycles. The summed E-state index contributed by atoms with van der Waals surface area (Å²) < 4.78 is 27.2. The Morgan fingerprint density at radius 1 is 1.29 bits per heavy atom. The predicted molar refractivity (Wildman–Crippen MR) is 71.0 cm³/mol. The van der Waals surface area contributed by atoms with E-state index in [0.717, 1.165) is 17.8 Å². The number of thiophene rings is 1. The molecule has 2 heterocycles. The molecular weight excluding hydrogens is 278 g/mol. The van der Waals surface area contributed by atoms with Crippen LogP contribution in [0, 0.1) is 11.8 Å². The van der Waals surface area contributed by atoms with Crippen molar-refractivity contribution < 1.29 is 8.42 Å². The lowest BCUT2D eigenvalue weighted by Gasteiger charge is -2.33. The molecule has 0 aromatic carbocycles. The third-order valence-corrected chi connectivity index (χ3v) is 6.51. The van der Waals surface area contributed by atoms with Gasteiger partial charge in [0.25, 0.3) is 10.0 Å². The van der Waals surface area contributed by atoms with Crippen LogP contribution in [0.15, 0.2) is 16.3 Å². The average Bonchev–Trinajstić information content (AvgIpc) is 2.64. The van der Waals surface area contributed by atoms with Gasteiger partial charge in [-0.15, -0.1) is 11.3 Å². The van der Waals surface area contributed by atoms with E-state index in [2.05, 4.69) is 13.8 Å². The Hall–Kier alpha value is -0.100. The molecule has 3 nitrogen and oxygen atoms in total. The summed E-state index contributed by atoms with van der Waals surface area (Å²) in [5.74, 6) is 0.841. The smallest absolute Gasteiger partial charge is 0.206 e. The van der Waals surface area contributed by atoms with Crippen molar-refractivity contribution in [2.24, 2.45) is 11.8 Å². The molecule has 0 spiro atoms. The molecule has 2 unspecified atom stereocenters. The van der Waals surface area contributed by atoms with Gasteiger partial charge in [0.05, 0.1) is 4.34 Å². The number of hydrogen-bond acceptors (Lipinski definition) is 3. The fraction of sp³-hybridized carbons (Fsp3) is 0.636. The van der Waals surface area contributed by atoms with Crippen molar-refractivity contribution in [1.82, 2.24) is 4.31 Å². The van der Waals surface area contributed by atoms with E-state index in [0.29, 0.717) is 33.5 Å². The fourth-order valence-electron chi connectivity index (χ4n) is 2.37. The molecule has 17 heavy (non-hydrogen) atoms. The van der Waals surface area contributed by atoms with Gasteiger partial charge in [-0.25, -0.2) is 8.42 Å². The van der Waals surface area contributed by atoms with Crippen LogP contribution in [0.2, 0.25) is 4.34 Å². The molecule has 1 aromatic rings. The number of halogens is 1. The third-order valence-electron chi connectivity index (χ3n) is 2.98. The summed E-state index contributed by atoms with van der Waals surface area (Å²) in [6, 6.07) is 3.22. The highest BCUT2D eigenvalue weighted by molar-refractivity contribution is 7.91. The SMILES string of the molecule is CC1CC(C)CN(S(=O)(=O)c2ccc(Cl)s2)C1. The molecule has 1 aliphatic rings. The summed E-state index contributed by atoms with van der Waals surface area (Å²) in [6.07, 6.45) is 1.09. The van der Waals surface area contributed by atoms with Crippen LogP contribution < -0.4 is 0 Å². The lowest BCUT2D eigenvalue weighted by atomic mass is 9.94. The molecule has 0 aliphatic carbocycles. The lowest BCUT2D eigenvalue weighted by Crippen LogP contribution is -2.42. The zero-order valence-corrected chi connectivity index (χ0v) is 12.3. The van der Waals surface area contributed by atoms with Crippen LogP contribution in [0.1, 0.15) is 20.3 Å². The van der Waals surface area contributed by atoms with Gasteiger partial charge >= 0.3 is 0 Å². The van der Waals surface area contributed by atoms with Gasteiger partial charge < -0.3 is 0 Å². The zero-order chi connectivity index (χ0) is 12.6. The van der Waals surface area contributed by atoms with E-state index >= 15 is 0 Å². The molecule has 1 aromatic heterocycles. The van der Waals surface area contributed by atoms with E-state index in [4.69, 9.17) is 11.6 Å². The molecular formula is C11H16ClNO2S2. The van der Waals surface area contributed by atoms with Gasteiger partial charge in [0.2, 0.25) is 0 Å². The molecule has 1 fully saturated rings. The molecule has 2 atom stereocenters. The molecule has 0 radical (unpaired) electrons. The van der Waals surface area contributed by atoms with Gasteiger partial charge in [0, 0.05) is 13.1 Å². The van der Waals surface area contributed by atoms with Gasteiger partial charge in [-0.1, -0.05) is 25.4 Å².